The van der Waals surface area contributed by atoms with E-state index in [9.17, 15) is 22.0 Å². The number of rotatable bonds is 3. The van der Waals surface area contributed by atoms with Crippen molar-refractivity contribution in [3.63, 3.8) is 0 Å². The van der Waals surface area contributed by atoms with Gasteiger partial charge in [0.05, 0.1) is 11.3 Å². The Labute approximate surface area is 169 Å². The fraction of sp³-hybridized carbons (Fsp3) is 0.100. The van der Waals surface area contributed by atoms with Crippen molar-refractivity contribution in [2.24, 2.45) is 0 Å². The van der Waals surface area contributed by atoms with Gasteiger partial charge in [-0.05, 0) is 23.8 Å². The van der Waals surface area contributed by atoms with Gasteiger partial charge in [-0.2, -0.15) is 18.3 Å². The van der Waals surface area contributed by atoms with Gasteiger partial charge in [0.1, 0.15) is 5.69 Å². The van der Waals surface area contributed by atoms with E-state index in [0.29, 0.717) is 15.6 Å². The summed E-state index contributed by atoms with van der Waals surface area (Å²) >= 11 is 3.27. The molecule has 0 unspecified atom stereocenters. The first-order chi connectivity index (χ1) is 13.8. The third-order valence-electron chi connectivity index (χ3n) is 4.32. The Morgan fingerprint density at radius 1 is 0.897 bits per heavy atom. The van der Waals surface area contributed by atoms with Crippen LogP contribution in [-0.2, 0) is 6.18 Å². The van der Waals surface area contributed by atoms with Crippen LogP contribution in [0.2, 0.25) is 0 Å². The van der Waals surface area contributed by atoms with E-state index in [1.54, 1.807) is 42.5 Å². The number of benzene rings is 2. The summed E-state index contributed by atoms with van der Waals surface area (Å²) in [6.07, 6.45) is -7.88. The summed E-state index contributed by atoms with van der Waals surface area (Å²) in [5.41, 5.74) is -1.59. The van der Waals surface area contributed by atoms with Crippen molar-refractivity contribution in [2.75, 3.05) is 0 Å². The normalized spacial score (nSPS) is 12.1. The van der Waals surface area contributed by atoms with Crippen molar-refractivity contribution in [1.29, 1.82) is 0 Å². The Kier molecular flexibility index (Phi) is 4.85. The van der Waals surface area contributed by atoms with Crippen LogP contribution in [-0.4, -0.2) is 14.6 Å². The highest BCUT2D eigenvalue weighted by Gasteiger charge is 2.37. The predicted octanol–water partition coefficient (Wildman–Crippen LogP) is 6.78. The van der Waals surface area contributed by atoms with E-state index in [1.165, 1.54) is 12.1 Å². The largest absolute Gasteiger partial charge is 0.433 e. The van der Waals surface area contributed by atoms with Gasteiger partial charge in [-0.25, -0.2) is 18.3 Å². The summed E-state index contributed by atoms with van der Waals surface area (Å²) < 4.78 is 69.7. The van der Waals surface area contributed by atoms with Crippen LogP contribution in [0.5, 0.6) is 0 Å². The van der Waals surface area contributed by atoms with E-state index in [4.69, 9.17) is 0 Å². The molecule has 2 aromatic heterocycles. The van der Waals surface area contributed by atoms with Crippen LogP contribution in [0.15, 0.2) is 65.1 Å². The summed E-state index contributed by atoms with van der Waals surface area (Å²) in [5.74, 6) is 0. The van der Waals surface area contributed by atoms with Crippen molar-refractivity contribution < 1.29 is 22.0 Å². The van der Waals surface area contributed by atoms with Crippen LogP contribution in [0.4, 0.5) is 22.0 Å². The highest BCUT2D eigenvalue weighted by molar-refractivity contribution is 9.10. The quantitative estimate of drug-likeness (QED) is 0.310. The molecular weight excluding hydrogens is 457 g/mol. The van der Waals surface area contributed by atoms with Gasteiger partial charge >= 0.3 is 6.18 Å². The molecule has 4 aromatic rings. The number of fused-ring (bicyclic) bond motifs is 1. The van der Waals surface area contributed by atoms with E-state index in [2.05, 4.69) is 26.0 Å². The molecule has 2 aromatic carbocycles. The molecule has 0 saturated carbocycles. The third-order valence-corrected chi connectivity index (χ3v) is 4.84. The third kappa shape index (κ3) is 3.62. The van der Waals surface area contributed by atoms with E-state index in [0.717, 1.165) is 10.5 Å². The number of hydrogen-bond donors (Lipinski definition) is 0. The summed E-state index contributed by atoms with van der Waals surface area (Å²) in [5, 5.41) is 3.58. The van der Waals surface area contributed by atoms with Gasteiger partial charge in [-0.1, -0.05) is 58.4 Å². The molecular formula is C20H11BrF5N3. The maximum absolute atomic E-state index is 13.7. The van der Waals surface area contributed by atoms with Crippen molar-refractivity contribution >= 4 is 21.6 Å². The molecule has 29 heavy (non-hydrogen) atoms. The van der Waals surface area contributed by atoms with Crippen molar-refractivity contribution in [1.82, 2.24) is 14.6 Å². The maximum atomic E-state index is 13.7. The van der Waals surface area contributed by atoms with Crippen molar-refractivity contribution in [3.8, 4) is 22.4 Å². The zero-order chi connectivity index (χ0) is 20.8. The number of hydrogen-bond acceptors (Lipinski definition) is 2. The molecule has 0 saturated heterocycles. The van der Waals surface area contributed by atoms with Crippen molar-refractivity contribution in [3.05, 3.63) is 76.5 Å². The minimum Gasteiger partial charge on any atom is -0.228 e. The molecule has 0 atom stereocenters. The second-order valence-electron chi connectivity index (χ2n) is 6.19. The molecule has 3 nitrogen and oxygen atoms in total. The topological polar surface area (TPSA) is 30.2 Å². The van der Waals surface area contributed by atoms with Crippen LogP contribution < -0.4 is 0 Å². The summed E-state index contributed by atoms with van der Waals surface area (Å²) in [6, 6.07) is 15.3. The second-order valence-corrected chi connectivity index (χ2v) is 7.11. The molecule has 0 fully saturated rings. The lowest BCUT2D eigenvalue weighted by Crippen LogP contribution is -2.14. The second kappa shape index (κ2) is 7.22. The molecule has 0 radical (unpaired) electrons. The first kappa shape index (κ1) is 19.5. The Morgan fingerprint density at radius 3 is 2.14 bits per heavy atom. The molecule has 0 aliphatic rings. The van der Waals surface area contributed by atoms with Gasteiger partial charge in [-0.15, -0.1) is 0 Å². The van der Waals surface area contributed by atoms with Crippen LogP contribution in [0, 0.1) is 0 Å². The molecule has 2 heterocycles. The molecule has 9 heteroatoms. The molecule has 0 aliphatic heterocycles. The van der Waals surface area contributed by atoms with Gasteiger partial charge < -0.3 is 0 Å². The zero-order valence-electron chi connectivity index (χ0n) is 14.5. The average Bonchev–Trinajstić information content (AvgIpc) is 3.07. The molecule has 0 spiro atoms. The fourth-order valence-corrected chi connectivity index (χ4v) is 3.30. The molecule has 0 N–H and O–H groups in total. The van der Waals surface area contributed by atoms with Crippen LogP contribution >= 0.6 is 15.9 Å². The smallest absolute Gasteiger partial charge is 0.228 e. The molecule has 148 valence electrons. The van der Waals surface area contributed by atoms with Crippen molar-refractivity contribution in [2.45, 2.75) is 12.6 Å². The lowest BCUT2D eigenvalue weighted by Gasteiger charge is -2.11. The highest BCUT2D eigenvalue weighted by Crippen LogP contribution is 2.38. The number of aromatic nitrogens is 3. The molecule has 0 amide bonds. The summed E-state index contributed by atoms with van der Waals surface area (Å²) in [6.45, 7) is 0. The minimum atomic E-state index is -4.81. The SMILES string of the molecule is FC(F)c1nn2c(C(F)(F)F)cc(-c3ccc(Br)cc3)nc2c1-c1ccccc1. The Bertz CT molecular complexity index is 1170. The number of alkyl halides is 5. The number of halogens is 6. The van der Waals surface area contributed by atoms with Gasteiger partial charge in [0.25, 0.3) is 6.43 Å². The Morgan fingerprint density at radius 2 is 1.55 bits per heavy atom. The molecule has 4 rings (SSSR count). The van der Waals surface area contributed by atoms with E-state index in [1.807, 2.05) is 0 Å². The Balaban J connectivity index is 2.10. The lowest BCUT2D eigenvalue weighted by molar-refractivity contribution is -0.142. The first-order valence-electron chi connectivity index (χ1n) is 8.36. The van der Waals surface area contributed by atoms with Crippen LogP contribution in [0.1, 0.15) is 17.8 Å². The van der Waals surface area contributed by atoms with E-state index < -0.39 is 24.0 Å². The predicted molar refractivity (Wildman–Crippen MR) is 102 cm³/mol. The van der Waals surface area contributed by atoms with Gasteiger partial charge in [0.2, 0.25) is 0 Å². The minimum absolute atomic E-state index is 0.00947. The monoisotopic (exact) mass is 467 g/mol. The maximum Gasteiger partial charge on any atom is 0.433 e. The van der Waals surface area contributed by atoms with Gasteiger partial charge in [-0.3, -0.25) is 0 Å². The molecule has 0 bridgehead atoms. The highest BCUT2D eigenvalue weighted by atomic mass is 79.9. The summed E-state index contributed by atoms with van der Waals surface area (Å²) in [4.78, 5) is 4.28. The van der Waals surface area contributed by atoms with Gasteiger partial charge in [0, 0.05) is 10.0 Å². The number of nitrogens with zero attached hydrogens (tertiary/aromatic N) is 3. The molecule has 0 aliphatic carbocycles. The summed E-state index contributed by atoms with van der Waals surface area (Å²) in [7, 11) is 0. The standard InChI is InChI=1S/C20H11BrF5N3/c21-13-8-6-11(7-9-13)14-10-15(20(24,25)26)29-19(27-14)16(17(28-29)18(22)23)12-4-2-1-3-5-12/h1-10,18H. The lowest BCUT2D eigenvalue weighted by atomic mass is 10.1. The average molecular weight is 468 g/mol. The van der Waals surface area contributed by atoms with Crippen LogP contribution in [0.3, 0.4) is 0 Å². The van der Waals surface area contributed by atoms with E-state index >= 15 is 0 Å². The zero-order valence-corrected chi connectivity index (χ0v) is 16.0. The van der Waals surface area contributed by atoms with E-state index in [-0.39, 0.29) is 16.9 Å². The fourth-order valence-electron chi connectivity index (χ4n) is 3.04. The first-order valence-corrected chi connectivity index (χ1v) is 9.15. The van der Waals surface area contributed by atoms with Crippen LogP contribution in [0.25, 0.3) is 28.0 Å². The Hall–Kier alpha value is -2.81. The van der Waals surface area contributed by atoms with Gasteiger partial charge in [0.15, 0.2) is 11.3 Å².